The van der Waals surface area contributed by atoms with Crippen LogP contribution in [0.15, 0.2) is 23.1 Å². The molecule has 0 radical (unpaired) electrons. The van der Waals surface area contributed by atoms with Crippen molar-refractivity contribution >= 4 is 40.3 Å². The van der Waals surface area contributed by atoms with Crippen LogP contribution in [0, 0.1) is 0 Å². The van der Waals surface area contributed by atoms with Crippen LogP contribution in [0.5, 0.6) is 11.5 Å². The van der Waals surface area contributed by atoms with Crippen molar-refractivity contribution in [2.75, 3.05) is 33.5 Å². The van der Waals surface area contributed by atoms with Crippen molar-refractivity contribution in [2.45, 2.75) is 20.3 Å². The van der Waals surface area contributed by atoms with E-state index >= 15 is 0 Å². The Morgan fingerprint density at radius 2 is 2.00 bits per heavy atom. The minimum absolute atomic E-state index is 0.0867. The molecule has 7 heteroatoms. The van der Waals surface area contributed by atoms with Crippen LogP contribution in [0.25, 0.3) is 6.08 Å². The zero-order valence-electron chi connectivity index (χ0n) is 14.7. The molecule has 0 N–H and O–H groups in total. The van der Waals surface area contributed by atoms with Crippen LogP contribution in [0.1, 0.15) is 25.8 Å². The minimum Gasteiger partial charge on any atom is -0.490 e. The first-order valence-electron chi connectivity index (χ1n) is 8.24. The number of amides is 1. The van der Waals surface area contributed by atoms with E-state index in [2.05, 4.69) is 6.92 Å². The topological polar surface area (TPSA) is 48.0 Å². The fourth-order valence-corrected chi connectivity index (χ4v) is 3.55. The lowest BCUT2D eigenvalue weighted by Crippen LogP contribution is -2.31. The molecule has 1 saturated heterocycles. The lowest BCUT2D eigenvalue weighted by Gasteiger charge is -2.13. The van der Waals surface area contributed by atoms with E-state index in [1.54, 1.807) is 12.0 Å². The monoisotopic (exact) mass is 381 g/mol. The van der Waals surface area contributed by atoms with Gasteiger partial charge in [-0.2, -0.15) is 0 Å². The van der Waals surface area contributed by atoms with Crippen LogP contribution in [-0.4, -0.2) is 48.6 Å². The lowest BCUT2D eigenvalue weighted by atomic mass is 10.2. The molecule has 1 fully saturated rings. The number of carbonyl (C=O) groups is 1. The van der Waals surface area contributed by atoms with E-state index in [4.69, 9.17) is 26.4 Å². The van der Waals surface area contributed by atoms with Crippen molar-refractivity contribution < 1.29 is 19.0 Å². The first-order valence-corrected chi connectivity index (χ1v) is 9.47. The molecule has 5 nitrogen and oxygen atoms in total. The van der Waals surface area contributed by atoms with Gasteiger partial charge < -0.3 is 14.2 Å². The Balaban J connectivity index is 2.21. The summed E-state index contributed by atoms with van der Waals surface area (Å²) in [6.07, 6.45) is 2.76. The van der Waals surface area contributed by atoms with Crippen molar-refractivity contribution in [1.29, 1.82) is 0 Å². The third-order valence-electron chi connectivity index (χ3n) is 3.42. The normalized spacial score (nSPS) is 16.0. The molecule has 0 atom stereocenters. The molecule has 0 aliphatic carbocycles. The maximum atomic E-state index is 12.5. The molecular formula is C18H23NO4S2. The molecule has 1 amide bonds. The van der Waals surface area contributed by atoms with Gasteiger partial charge in [-0.15, -0.1) is 0 Å². The highest BCUT2D eigenvalue weighted by molar-refractivity contribution is 8.26. The van der Waals surface area contributed by atoms with Crippen LogP contribution in [0.2, 0.25) is 0 Å². The third-order valence-corrected chi connectivity index (χ3v) is 4.80. The Morgan fingerprint density at radius 1 is 1.20 bits per heavy atom. The molecule has 0 spiro atoms. The van der Waals surface area contributed by atoms with E-state index in [0.29, 0.717) is 47.1 Å². The zero-order valence-corrected chi connectivity index (χ0v) is 16.4. The summed E-state index contributed by atoms with van der Waals surface area (Å²) in [5, 5.41) is 0. The van der Waals surface area contributed by atoms with Gasteiger partial charge in [0.1, 0.15) is 4.32 Å². The fraction of sp³-hybridized carbons (Fsp3) is 0.444. The number of hydrogen-bond acceptors (Lipinski definition) is 6. The molecule has 0 unspecified atom stereocenters. The number of ether oxygens (including phenoxy) is 3. The highest BCUT2D eigenvalue weighted by Gasteiger charge is 2.31. The first-order chi connectivity index (χ1) is 12.1. The quantitative estimate of drug-likeness (QED) is 0.480. The Bertz CT molecular complexity index is 660. The van der Waals surface area contributed by atoms with E-state index in [1.807, 2.05) is 31.2 Å². The Kier molecular flexibility index (Phi) is 7.74. The van der Waals surface area contributed by atoms with Gasteiger partial charge in [0.2, 0.25) is 0 Å². The summed E-state index contributed by atoms with van der Waals surface area (Å²) in [4.78, 5) is 14.7. The summed E-state index contributed by atoms with van der Waals surface area (Å²) in [6, 6.07) is 5.67. The standard InChI is InChI=1S/C18H23NO4S2/c1-4-9-23-14-7-6-13(11-15(14)22-5-2)12-16-17(20)19(8-10-21-3)18(24)25-16/h6-7,11-12H,4-5,8-10H2,1-3H3/b16-12-. The van der Waals surface area contributed by atoms with Crippen LogP contribution in [0.3, 0.4) is 0 Å². The van der Waals surface area contributed by atoms with Crippen molar-refractivity contribution in [3.63, 3.8) is 0 Å². The van der Waals surface area contributed by atoms with E-state index in [1.165, 1.54) is 11.8 Å². The number of benzene rings is 1. The summed E-state index contributed by atoms with van der Waals surface area (Å²) in [7, 11) is 1.60. The number of methoxy groups -OCH3 is 1. The van der Waals surface area contributed by atoms with Gasteiger partial charge in [0.15, 0.2) is 11.5 Å². The zero-order chi connectivity index (χ0) is 18.2. The molecule has 1 aliphatic rings. The third kappa shape index (κ3) is 5.20. The van der Waals surface area contributed by atoms with E-state index < -0.39 is 0 Å². The molecule has 1 aliphatic heterocycles. The van der Waals surface area contributed by atoms with Crippen LogP contribution < -0.4 is 9.47 Å². The summed E-state index contributed by atoms with van der Waals surface area (Å²) in [6.45, 7) is 6.09. The number of rotatable bonds is 9. The minimum atomic E-state index is -0.0867. The van der Waals surface area contributed by atoms with Crippen molar-refractivity contribution in [1.82, 2.24) is 4.90 Å². The molecular weight excluding hydrogens is 358 g/mol. The SMILES string of the molecule is CCCOc1ccc(/C=C2\SC(=S)N(CCOC)C2=O)cc1OCC. The highest BCUT2D eigenvalue weighted by atomic mass is 32.2. The predicted octanol–water partition coefficient (Wildman–Crippen LogP) is 3.72. The maximum absolute atomic E-state index is 12.5. The average molecular weight is 382 g/mol. The Hall–Kier alpha value is -1.57. The lowest BCUT2D eigenvalue weighted by molar-refractivity contribution is -0.122. The van der Waals surface area contributed by atoms with E-state index in [0.717, 1.165) is 12.0 Å². The smallest absolute Gasteiger partial charge is 0.266 e. The van der Waals surface area contributed by atoms with Gasteiger partial charge in [0.05, 0.1) is 31.3 Å². The number of carbonyl (C=O) groups excluding carboxylic acids is 1. The van der Waals surface area contributed by atoms with Crippen LogP contribution >= 0.6 is 24.0 Å². The Morgan fingerprint density at radius 3 is 2.68 bits per heavy atom. The second-order valence-electron chi connectivity index (χ2n) is 5.31. The molecule has 136 valence electrons. The van der Waals surface area contributed by atoms with Crippen molar-refractivity contribution in [3.8, 4) is 11.5 Å². The maximum Gasteiger partial charge on any atom is 0.266 e. The fourth-order valence-electron chi connectivity index (χ4n) is 2.24. The number of nitrogens with zero attached hydrogens (tertiary/aromatic N) is 1. The number of hydrogen-bond donors (Lipinski definition) is 0. The second-order valence-corrected chi connectivity index (χ2v) is 6.99. The number of thiocarbonyl (C=S) groups is 1. The molecule has 0 saturated carbocycles. The molecule has 1 aromatic carbocycles. The number of thioether (sulfide) groups is 1. The van der Waals surface area contributed by atoms with E-state index in [9.17, 15) is 4.79 Å². The van der Waals surface area contributed by atoms with Gasteiger partial charge in [-0.05, 0) is 37.1 Å². The molecule has 0 bridgehead atoms. The average Bonchev–Trinajstić information content (AvgIpc) is 2.86. The van der Waals surface area contributed by atoms with Gasteiger partial charge in [-0.3, -0.25) is 9.69 Å². The summed E-state index contributed by atoms with van der Waals surface area (Å²) >= 11 is 6.59. The molecule has 2 rings (SSSR count). The largest absolute Gasteiger partial charge is 0.490 e. The molecule has 25 heavy (non-hydrogen) atoms. The van der Waals surface area contributed by atoms with Gasteiger partial charge in [0, 0.05) is 7.11 Å². The van der Waals surface area contributed by atoms with Crippen molar-refractivity contribution in [2.24, 2.45) is 0 Å². The molecule has 1 heterocycles. The first kappa shape index (κ1) is 19.8. The van der Waals surface area contributed by atoms with Gasteiger partial charge >= 0.3 is 0 Å². The predicted molar refractivity (Wildman–Crippen MR) is 105 cm³/mol. The summed E-state index contributed by atoms with van der Waals surface area (Å²) in [5.74, 6) is 1.31. The van der Waals surface area contributed by atoms with E-state index in [-0.39, 0.29) is 5.91 Å². The van der Waals surface area contributed by atoms with Gasteiger partial charge in [0.25, 0.3) is 5.91 Å². The van der Waals surface area contributed by atoms with Crippen LogP contribution in [0.4, 0.5) is 0 Å². The molecule has 1 aromatic rings. The summed E-state index contributed by atoms with van der Waals surface area (Å²) < 4.78 is 17.0. The highest BCUT2D eigenvalue weighted by Crippen LogP contribution is 2.34. The van der Waals surface area contributed by atoms with Gasteiger partial charge in [-0.1, -0.05) is 37.0 Å². The Labute approximate surface area is 158 Å². The summed E-state index contributed by atoms with van der Waals surface area (Å²) in [5.41, 5.74) is 0.875. The second kappa shape index (κ2) is 9.79. The van der Waals surface area contributed by atoms with Crippen molar-refractivity contribution in [3.05, 3.63) is 28.7 Å². The van der Waals surface area contributed by atoms with Crippen LogP contribution in [-0.2, 0) is 9.53 Å². The van der Waals surface area contributed by atoms with Gasteiger partial charge in [-0.25, -0.2) is 0 Å². The molecule has 0 aromatic heterocycles.